The van der Waals surface area contributed by atoms with Crippen LogP contribution in [0.3, 0.4) is 0 Å². The lowest BCUT2D eigenvalue weighted by molar-refractivity contribution is -0.125. The number of hydrogen-bond acceptors (Lipinski definition) is 4. The van der Waals surface area contributed by atoms with Gasteiger partial charge in [-0.1, -0.05) is 6.92 Å². The first-order valence-corrected chi connectivity index (χ1v) is 5.47. The Hall–Kier alpha value is -0.360. The predicted octanol–water partition coefficient (Wildman–Crippen LogP) is -0.469. The molecule has 0 radical (unpaired) electrons. The lowest BCUT2D eigenvalue weighted by Crippen LogP contribution is -2.36. The molecule has 1 aliphatic heterocycles. The van der Waals surface area contributed by atoms with Crippen LogP contribution in [0, 0.1) is 5.92 Å². The zero-order valence-electron chi connectivity index (χ0n) is 9.57. The van der Waals surface area contributed by atoms with Crippen LogP contribution < -0.4 is 10.6 Å². The topological polar surface area (TPSA) is 70.6 Å². The molecular weight excluding hydrogens is 232 g/mol. The molecule has 0 aromatic heterocycles. The molecule has 0 bridgehead atoms. The van der Waals surface area contributed by atoms with Gasteiger partial charge in [0.2, 0.25) is 5.91 Å². The highest BCUT2D eigenvalue weighted by Crippen LogP contribution is 2.06. The van der Waals surface area contributed by atoms with Gasteiger partial charge in [0, 0.05) is 32.2 Å². The summed E-state index contributed by atoms with van der Waals surface area (Å²) in [4.78, 5) is 11.2. The average molecular weight is 253 g/mol. The monoisotopic (exact) mass is 252 g/mol. The lowest BCUT2D eigenvalue weighted by Gasteiger charge is -2.13. The fourth-order valence-electron chi connectivity index (χ4n) is 1.53. The Morgan fingerprint density at radius 2 is 2.31 bits per heavy atom. The molecule has 2 unspecified atom stereocenters. The van der Waals surface area contributed by atoms with E-state index in [-0.39, 0.29) is 36.9 Å². The van der Waals surface area contributed by atoms with E-state index in [9.17, 15) is 9.90 Å². The Kier molecular flexibility index (Phi) is 8.56. The molecule has 16 heavy (non-hydrogen) atoms. The Labute approximate surface area is 102 Å². The number of β-amino-alcohol motifs (C(OH)–C–C–N with tert-alkyl or cyclic N) is 1. The van der Waals surface area contributed by atoms with Gasteiger partial charge in [0.15, 0.2) is 0 Å². The fourth-order valence-corrected chi connectivity index (χ4v) is 1.53. The molecule has 1 aliphatic rings. The van der Waals surface area contributed by atoms with Gasteiger partial charge in [-0.25, -0.2) is 0 Å². The molecular formula is C10H21ClN2O3. The Morgan fingerprint density at radius 1 is 1.56 bits per heavy atom. The van der Waals surface area contributed by atoms with E-state index in [0.717, 1.165) is 13.0 Å². The van der Waals surface area contributed by atoms with Gasteiger partial charge in [-0.05, 0) is 6.42 Å². The molecule has 1 fully saturated rings. The van der Waals surface area contributed by atoms with Crippen molar-refractivity contribution in [3.05, 3.63) is 0 Å². The van der Waals surface area contributed by atoms with Crippen LogP contribution in [-0.2, 0) is 9.53 Å². The second-order valence-corrected chi connectivity index (χ2v) is 3.84. The zero-order chi connectivity index (χ0) is 11.1. The molecule has 0 aliphatic carbocycles. The molecule has 1 heterocycles. The third kappa shape index (κ3) is 5.65. The molecule has 2 atom stereocenters. The number of carbonyl (C=O) groups excluding carboxylic acids is 1. The van der Waals surface area contributed by atoms with Gasteiger partial charge in [-0.2, -0.15) is 0 Å². The van der Waals surface area contributed by atoms with Crippen molar-refractivity contribution in [3.8, 4) is 0 Å². The maximum Gasteiger partial charge on any atom is 0.246 e. The summed E-state index contributed by atoms with van der Waals surface area (Å²) in [5.41, 5.74) is 0. The first-order chi connectivity index (χ1) is 7.24. The minimum absolute atomic E-state index is 0. The first-order valence-electron chi connectivity index (χ1n) is 5.47. The SMILES string of the molecule is CCCOCC(=O)NCC1CNCC1O.Cl. The molecule has 0 aromatic rings. The van der Waals surface area contributed by atoms with Crippen molar-refractivity contribution in [2.75, 3.05) is 32.8 Å². The maximum atomic E-state index is 11.2. The van der Waals surface area contributed by atoms with Crippen molar-refractivity contribution in [1.29, 1.82) is 0 Å². The van der Waals surface area contributed by atoms with E-state index < -0.39 is 0 Å². The van der Waals surface area contributed by atoms with Crippen molar-refractivity contribution >= 4 is 18.3 Å². The summed E-state index contributed by atoms with van der Waals surface area (Å²) in [6.45, 7) is 4.62. The maximum absolute atomic E-state index is 11.2. The van der Waals surface area contributed by atoms with Gasteiger partial charge in [0.05, 0.1) is 6.10 Å². The van der Waals surface area contributed by atoms with Crippen molar-refractivity contribution in [3.63, 3.8) is 0 Å². The van der Waals surface area contributed by atoms with Gasteiger partial charge in [-0.15, -0.1) is 12.4 Å². The molecule has 1 rings (SSSR count). The van der Waals surface area contributed by atoms with Crippen LogP contribution in [0.5, 0.6) is 0 Å². The van der Waals surface area contributed by atoms with Crippen LogP contribution >= 0.6 is 12.4 Å². The second-order valence-electron chi connectivity index (χ2n) is 3.84. The highest BCUT2D eigenvalue weighted by atomic mass is 35.5. The van der Waals surface area contributed by atoms with Gasteiger partial charge < -0.3 is 20.5 Å². The third-order valence-corrected chi connectivity index (χ3v) is 2.45. The van der Waals surface area contributed by atoms with Gasteiger partial charge in [0.1, 0.15) is 6.61 Å². The minimum atomic E-state index is -0.345. The summed E-state index contributed by atoms with van der Waals surface area (Å²) >= 11 is 0. The predicted molar refractivity (Wildman–Crippen MR) is 63.7 cm³/mol. The Balaban J connectivity index is 0.00000225. The largest absolute Gasteiger partial charge is 0.391 e. The summed E-state index contributed by atoms with van der Waals surface area (Å²) < 4.78 is 5.10. The number of nitrogens with one attached hydrogen (secondary N) is 2. The molecule has 0 saturated carbocycles. The van der Waals surface area contributed by atoms with Crippen LogP contribution in [0.1, 0.15) is 13.3 Å². The molecule has 0 aromatic carbocycles. The smallest absolute Gasteiger partial charge is 0.246 e. The number of rotatable bonds is 6. The summed E-state index contributed by atoms with van der Waals surface area (Å²) in [6, 6.07) is 0. The fraction of sp³-hybridized carbons (Fsp3) is 0.900. The number of hydrogen-bond donors (Lipinski definition) is 3. The molecule has 5 nitrogen and oxygen atoms in total. The van der Waals surface area contributed by atoms with Crippen LogP contribution in [0.15, 0.2) is 0 Å². The number of ether oxygens (including phenoxy) is 1. The van der Waals surface area contributed by atoms with Crippen LogP contribution in [0.2, 0.25) is 0 Å². The standard InChI is InChI=1S/C10H20N2O3.ClH/c1-2-3-15-7-10(14)12-5-8-4-11-6-9(8)13;/h8-9,11,13H,2-7H2,1H3,(H,12,14);1H. The molecule has 1 saturated heterocycles. The van der Waals surface area contributed by atoms with Gasteiger partial charge in [-0.3, -0.25) is 4.79 Å². The molecule has 1 amide bonds. The quantitative estimate of drug-likeness (QED) is 0.559. The van der Waals surface area contributed by atoms with Crippen LogP contribution in [-0.4, -0.2) is 50.0 Å². The summed E-state index contributed by atoms with van der Waals surface area (Å²) in [5, 5.41) is 15.3. The second kappa shape index (κ2) is 8.75. The lowest BCUT2D eigenvalue weighted by atomic mass is 10.1. The van der Waals surface area contributed by atoms with E-state index in [2.05, 4.69) is 10.6 Å². The number of aliphatic hydroxyl groups excluding tert-OH is 1. The van der Waals surface area contributed by atoms with E-state index in [4.69, 9.17) is 4.74 Å². The van der Waals surface area contributed by atoms with Crippen LogP contribution in [0.25, 0.3) is 0 Å². The summed E-state index contributed by atoms with van der Waals surface area (Å²) in [5.74, 6) is 0.0164. The highest BCUT2D eigenvalue weighted by Gasteiger charge is 2.24. The average Bonchev–Trinajstić information content (AvgIpc) is 2.61. The number of amides is 1. The number of carbonyl (C=O) groups is 1. The van der Waals surface area contributed by atoms with E-state index >= 15 is 0 Å². The number of halogens is 1. The van der Waals surface area contributed by atoms with E-state index in [0.29, 0.717) is 19.7 Å². The molecule has 3 N–H and O–H groups in total. The van der Waals surface area contributed by atoms with Crippen molar-refractivity contribution in [2.45, 2.75) is 19.4 Å². The van der Waals surface area contributed by atoms with Crippen molar-refractivity contribution < 1.29 is 14.6 Å². The van der Waals surface area contributed by atoms with E-state index in [1.165, 1.54) is 0 Å². The molecule has 6 heteroatoms. The van der Waals surface area contributed by atoms with E-state index in [1.807, 2.05) is 6.92 Å². The first kappa shape index (κ1) is 15.6. The van der Waals surface area contributed by atoms with Crippen molar-refractivity contribution in [1.82, 2.24) is 10.6 Å². The summed E-state index contributed by atoms with van der Waals surface area (Å²) in [6.07, 6.45) is 0.570. The molecule has 0 spiro atoms. The van der Waals surface area contributed by atoms with Crippen molar-refractivity contribution in [2.24, 2.45) is 5.92 Å². The number of aliphatic hydroxyl groups is 1. The Bertz CT molecular complexity index is 205. The minimum Gasteiger partial charge on any atom is -0.391 e. The van der Waals surface area contributed by atoms with Gasteiger partial charge >= 0.3 is 0 Å². The molecule has 96 valence electrons. The normalized spacial score (nSPS) is 23.9. The highest BCUT2D eigenvalue weighted by molar-refractivity contribution is 5.85. The van der Waals surface area contributed by atoms with Gasteiger partial charge in [0.25, 0.3) is 0 Å². The third-order valence-electron chi connectivity index (χ3n) is 2.45. The zero-order valence-corrected chi connectivity index (χ0v) is 10.4. The van der Waals surface area contributed by atoms with Crippen LogP contribution in [0.4, 0.5) is 0 Å². The Morgan fingerprint density at radius 3 is 2.88 bits per heavy atom. The van der Waals surface area contributed by atoms with E-state index in [1.54, 1.807) is 0 Å². The summed E-state index contributed by atoms with van der Waals surface area (Å²) in [7, 11) is 0.